The summed E-state index contributed by atoms with van der Waals surface area (Å²) in [7, 11) is 0. The highest BCUT2D eigenvalue weighted by atomic mass is 35.5. The summed E-state index contributed by atoms with van der Waals surface area (Å²) in [5.74, 6) is 0.808. The molecular weight excluding hydrogens is 269 g/mol. The number of hydrogen-bond donors (Lipinski definition) is 2. The highest BCUT2D eigenvalue weighted by Gasteiger charge is 2.07. The van der Waals surface area contributed by atoms with E-state index in [2.05, 4.69) is 15.0 Å². The third-order valence-corrected chi connectivity index (χ3v) is 3.04. The maximum absolute atomic E-state index is 5.98. The molecule has 2 N–H and O–H groups in total. The van der Waals surface area contributed by atoms with Crippen molar-refractivity contribution in [2.45, 2.75) is 0 Å². The van der Waals surface area contributed by atoms with E-state index in [1.54, 1.807) is 6.07 Å². The topological polar surface area (TPSA) is 44.5 Å². The number of halogens is 2. The van der Waals surface area contributed by atoms with Crippen molar-refractivity contribution in [2.24, 2.45) is 0 Å². The van der Waals surface area contributed by atoms with E-state index in [0.717, 1.165) is 22.6 Å². The second-order valence-corrected chi connectivity index (χ2v) is 4.77. The lowest BCUT2D eigenvalue weighted by Crippen LogP contribution is -1.79. The molecule has 2 aromatic heterocycles. The van der Waals surface area contributed by atoms with Crippen molar-refractivity contribution in [3.8, 4) is 22.6 Å². The summed E-state index contributed by atoms with van der Waals surface area (Å²) in [6.07, 6.45) is 5.58. The van der Waals surface area contributed by atoms with E-state index in [1.807, 2.05) is 36.8 Å². The van der Waals surface area contributed by atoms with Crippen LogP contribution in [0.1, 0.15) is 0 Å². The Morgan fingerprint density at radius 2 is 1.72 bits per heavy atom. The second-order valence-electron chi connectivity index (χ2n) is 3.89. The molecule has 5 heteroatoms. The average Bonchev–Trinajstić information content (AvgIpc) is 2.99. The summed E-state index contributed by atoms with van der Waals surface area (Å²) in [6.45, 7) is 0. The molecule has 0 atom stereocenters. The Balaban J connectivity index is 2.03. The van der Waals surface area contributed by atoms with Crippen molar-refractivity contribution >= 4 is 23.2 Å². The zero-order chi connectivity index (χ0) is 12.5. The molecule has 0 unspecified atom stereocenters. The molecule has 90 valence electrons. The first-order valence-electron chi connectivity index (χ1n) is 5.37. The number of aromatic amines is 2. The Morgan fingerprint density at radius 1 is 0.944 bits per heavy atom. The van der Waals surface area contributed by atoms with E-state index in [1.165, 1.54) is 0 Å². The molecule has 3 rings (SSSR count). The molecule has 0 amide bonds. The summed E-state index contributed by atoms with van der Waals surface area (Å²) in [4.78, 5) is 10.6. The van der Waals surface area contributed by atoms with E-state index in [0.29, 0.717) is 10.0 Å². The quantitative estimate of drug-likeness (QED) is 0.717. The highest BCUT2D eigenvalue weighted by molar-refractivity contribution is 6.35. The predicted octanol–water partition coefficient (Wildman–Crippen LogP) is 4.38. The molecule has 0 aliphatic rings. The van der Waals surface area contributed by atoms with Gasteiger partial charge in [-0.1, -0.05) is 23.2 Å². The van der Waals surface area contributed by atoms with Crippen molar-refractivity contribution in [3.63, 3.8) is 0 Å². The van der Waals surface area contributed by atoms with Crippen LogP contribution >= 0.6 is 23.2 Å². The number of H-pyrrole nitrogens is 2. The molecule has 18 heavy (non-hydrogen) atoms. The molecule has 0 saturated heterocycles. The van der Waals surface area contributed by atoms with Gasteiger partial charge in [0, 0.05) is 39.8 Å². The predicted molar refractivity (Wildman–Crippen MR) is 73.8 cm³/mol. The van der Waals surface area contributed by atoms with Gasteiger partial charge in [-0.05, 0) is 24.3 Å². The van der Waals surface area contributed by atoms with Crippen molar-refractivity contribution in [3.05, 3.63) is 52.9 Å². The van der Waals surface area contributed by atoms with Gasteiger partial charge in [-0.15, -0.1) is 0 Å². The number of benzene rings is 1. The molecule has 2 heterocycles. The minimum Gasteiger partial charge on any atom is -0.367 e. The van der Waals surface area contributed by atoms with Crippen LogP contribution < -0.4 is 0 Å². The van der Waals surface area contributed by atoms with Gasteiger partial charge in [-0.2, -0.15) is 0 Å². The lowest BCUT2D eigenvalue weighted by atomic mass is 10.2. The maximum Gasteiger partial charge on any atom is 0.139 e. The fraction of sp³-hybridized carbons (Fsp3) is 0. The van der Waals surface area contributed by atoms with Crippen LogP contribution in [0.5, 0.6) is 0 Å². The van der Waals surface area contributed by atoms with Crippen molar-refractivity contribution in [2.75, 3.05) is 0 Å². The standard InChI is InChI=1S/C13H9Cl2N3/c14-10-3-9(4-11(15)5-10)12-7-17-13(18-12)8-1-2-16-6-8/h1-7,16H,(H,17,18). The number of nitrogens with zero attached hydrogens (tertiary/aromatic N) is 1. The van der Waals surface area contributed by atoms with Crippen molar-refractivity contribution < 1.29 is 0 Å². The largest absolute Gasteiger partial charge is 0.367 e. The highest BCUT2D eigenvalue weighted by Crippen LogP contribution is 2.27. The van der Waals surface area contributed by atoms with Crippen LogP contribution in [0.4, 0.5) is 0 Å². The van der Waals surface area contributed by atoms with Crippen LogP contribution in [-0.2, 0) is 0 Å². The van der Waals surface area contributed by atoms with Gasteiger partial charge in [0.25, 0.3) is 0 Å². The van der Waals surface area contributed by atoms with Crippen LogP contribution in [0.2, 0.25) is 10.0 Å². The van der Waals surface area contributed by atoms with Crippen LogP contribution in [0.3, 0.4) is 0 Å². The van der Waals surface area contributed by atoms with Gasteiger partial charge in [-0.3, -0.25) is 0 Å². The fourth-order valence-corrected chi connectivity index (χ4v) is 2.32. The molecule has 0 fully saturated rings. The average molecular weight is 278 g/mol. The van der Waals surface area contributed by atoms with Gasteiger partial charge in [0.15, 0.2) is 0 Å². The number of hydrogen-bond acceptors (Lipinski definition) is 1. The molecule has 0 spiro atoms. The van der Waals surface area contributed by atoms with E-state index in [-0.39, 0.29) is 0 Å². The summed E-state index contributed by atoms with van der Waals surface area (Å²) >= 11 is 12.0. The molecule has 0 radical (unpaired) electrons. The third-order valence-electron chi connectivity index (χ3n) is 2.61. The lowest BCUT2D eigenvalue weighted by molar-refractivity contribution is 1.31. The SMILES string of the molecule is Clc1cc(Cl)cc(-c2c[nH]c(-c3cc[nH]c3)n2)c1. The normalized spacial score (nSPS) is 10.8. The summed E-state index contributed by atoms with van der Waals surface area (Å²) < 4.78 is 0. The third kappa shape index (κ3) is 2.15. The molecule has 0 aliphatic heterocycles. The molecule has 3 aromatic rings. The van der Waals surface area contributed by atoms with Gasteiger partial charge in [0.05, 0.1) is 5.69 Å². The summed E-state index contributed by atoms with van der Waals surface area (Å²) in [6, 6.07) is 7.33. The van der Waals surface area contributed by atoms with Gasteiger partial charge in [-0.25, -0.2) is 4.98 Å². The summed E-state index contributed by atoms with van der Waals surface area (Å²) in [5.41, 5.74) is 2.72. The second kappa shape index (κ2) is 4.52. The van der Waals surface area contributed by atoms with Crippen LogP contribution in [-0.4, -0.2) is 15.0 Å². The number of imidazole rings is 1. The van der Waals surface area contributed by atoms with Crippen LogP contribution in [0.15, 0.2) is 42.9 Å². The van der Waals surface area contributed by atoms with E-state index < -0.39 is 0 Å². The van der Waals surface area contributed by atoms with Gasteiger partial charge in [0.1, 0.15) is 5.82 Å². The summed E-state index contributed by atoms with van der Waals surface area (Å²) in [5, 5.41) is 1.20. The van der Waals surface area contributed by atoms with E-state index >= 15 is 0 Å². The molecular formula is C13H9Cl2N3. The molecule has 0 aliphatic carbocycles. The van der Waals surface area contributed by atoms with Gasteiger partial charge in [0.2, 0.25) is 0 Å². The minimum atomic E-state index is 0.601. The fourth-order valence-electron chi connectivity index (χ4n) is 1.79. The first-order valence-corrected chi connectivity index (χ1v) is 6.13. The zero-order valence-electron chi connectivity index (χ0n) is 9.24. The Labute approximate surface area is 114 Å². The van der Waals surface area contributed by atoms with Crippen molar-refractivity contribution in [1.82, 2.24) is 15.0 Å². The van der Waals surface area contributed by atoms with Crippen LogP contribution in [0.25, 0.3) is 22.6 Å². The first-order chi connectivity index (χ1) is 8.72. The number of rotatable bonds is 2. The Morgan fingerprint density at radius 3 is 2.39 bits per heavy atom. The molecule has 0 bridgehead atoms. The Hall–Kier alpha value is -1.71. The molecule has 0 saturated carbocycles. The van der Waals surface area contributed by atoms with Crippen LogP contribution in [0, 0.1) is 0 Å². The lowest BCUT2D eigenvalue weighted by Gasteiger charge is -1.99. The molecule has 1 aromatic carbocycles. The van der Waals surface area contributed by atoms with Gasteiger partial charge >= 0.3 is 0 Å². The van der Waals surface area contributed by atoms with Gasteiger partial charge < -0.3 is 9.97 Å². The smallest absolute Gasteiger partial charge is 0.139 e. The molecule has 3 nitrogen and oxygen atoms in total. The number of nitrogens with one attached hydrogen (secondary N) is 2. The monoisotopic (exact) mass is 277 g/mol. The van der Waals surface area contributed by atoms with E-state index in [9.17, 15) is 0 Å². The minimum absolute atomic E-state index is 0.601. The maximum atomic E-state index is 5.98. The van der Waals surface area contributed by atoms with Crippen molar-refractivity contribution in [1.29, 1.82) is 0 Å². The Kier molecular flexibility index (Phi) is 2.86. The van der Waals surface area contributed by atoms with E-state index in [4.69, 9.17) is 23.2 Å². The Bertz CT molecular complexity index is 651. The first kappa shape index (κ1) is 11.4. The number of aromatic nitrogens is 3. The zero-order valence-corrected chi connectivity index (χ0v) is 10.8.